The Bertz CT molecular complexity index is 127. The van der Waals surface area contributed by atoms with Crippen LogP contribution in [0.15, 0.2) is 0 Å². The maximum atomic E-state index is 8.74. The number of nitrogens with one attached hydrogen (secondary N) is 1. The largest absolute Gasteiger partial charge is 0.396 e. The summed E-state index contributed by atoms with van der Waals surface area (Å²) in [5.74, 6) is 0.485. The fraction of sp³-hybridized carbons (Fsp3) is 1.00. The molecule has 0 aromatic carbocycles. The summed E-state index contributed by atoms with van der Waals surface area (Å²) in [5, 5.41) is 12.0. The molecule has 0 heterocycles. The Labute approximate surface area is 93.0 Å². The standard InChI is InChI=1S/C11H25NO3/c1-4-14-11(15-5-2)9-12-8-10(3)6-7-13/h10-13H,4-9H2,1-3H3. The lowest BCUT2D eigenvalue weighted by molar-refractivity contribution is -0.133. The number of hydrogen-bond acceptors (Lipinski definition) is 4. The Morgan fingerprint density at radius 2 is 1.73 bits per heavy atom. The van der Waals surface area contributed by atoms with Gasteiger partial charge in [0, 0.05) is 26.4 Å². The van der Waals surface area contributed by atoms with Crippen LogP contribution in [0.25, 0.3) is 0 Å². The fourth-order valence-corrected chi connectivity index (χ4v) is 1.31. The van der Waals surface area contributed by atoms with Gasteiger partial charge in [0.05, 0.1) is 0 Å². The second kappa shape index (κ2) is 10.4. The summed E-state index contributed by atoms with van der Waals surface area (Å²) in [4.78, 5) is 0. The molecule has 4 heteroatoms. The first kappa shape index (κ1) is 14.8. The summed E-state index contributed by atoms with van der Waals surface area (Å²) in [6.45, 7) is 9.20. The first-order valence-corrected chi connectivity index (χ1v) is 5.79. The van der Waals surface area contributed by atoms with Crippen molar-refractivity contribution in [2.45, 2.75) is 33.5 Å². The summed E-state index contributed by atoms with van der Waals surface area (Å²) in [6.07, 6.45) is 0.683. The Balaban J connectivity index is 3.51. The molecule has 0 saturated heterocycles. The molecule has 4 nitrogen and oxygen atoms in total. The van der Waals surface area contributed by atoms with Crippen molar-refractivity contribution in [2.75, 3.05) is 32.9 Å². The Hall–Kier alpha value is -0.160. The van der Waals surface area contributed by atoms with Crippen molar-refractivity contribution in [1.29, 1.82) is 0 Å². The first-order chi connectivity index (χ1) is 7.24. The predicted octanol–water partition coefficient (Wildman–Crippen LogP) is 0.994. The van der Waals surface area contributed by atoms with Gasteiger partial charge in [0.2, 0.25) is 0 Å². The maximum Gasteiger partial charge on any atom is 0.169 e. The van der Waals surface area contributed by atoms with Gasteiger partial charge in [-0.25, -0.2) is 0 Å². The predicted molar refractivity (Wildman–Crippen MR) is 60.8 cm³/mol. The van der Waals surface area contributed by atoms with E-state index in [1.54, 1.807) is 0 Å². The maximum absolute atomic E-state index is 8.74. The molecule has 0 aromatic rings. The molecule has 0 aliphatic carbocycles. The van der Waals surface area contributed by atoms with Crippen LogP contribution in [0.2, 0.25) is 0 Å². The third-order valence-electron chi connectivity index (χ3n) is 2.13. The summed E-state index contributed by atoms with van der Waals surface area (Å²) in [5.41, 5.74) is 0. The second-order valence-electron chi connectivity index (χ2n) is 3.62. The number of aliphatic hydroxyl groups is 1. The second-order valence-corrected chi connectivity index (χ2v) is 3.62. The van der Waals surface area contributed by atoms with E-state index in [9.17, 15) is 0 Å². The van der Waals surface area contributed by atoms with Crippen LogP contribution in [-0.4, -0.2) is 44.3 Å². The van der Waals surface area contributed by atoms with Gasteiger partial charge < -0.3 is 19.9 Å². The molecule has 0 radical (unpaired) electrons. The smallest absolute Gasteiger partial charge is 0.169 e. The van der Waals surface area contributed by atoms with Gasteiger partial charge in [0.1, 0.15) is 0 Å². The van der Waals surface area contributed by atoms with Crippen molar-refractivity contribution >= 4 is 0 Å². The molecule has 0 fully saturated rings. The van der Waals surface area contributed by atoms with E-state index < -0.39 is 0 Å². The van der Waals surface area contributed by atoms with Gasteiger partial charge in [0.15, 0.2) is 6.29 Å². The number of ether oxygens (including phenoxy) is 2. The molecule has 1 unspecified atom stereocenters. The van der Waals surface area contributed by atoms with Crippen LogP contribution in [0.3, 0.4) is 0 Å². The molecular weight excluding hydrogens is 194 g/mol. The number of hydrogen-bond donors (Lipinski definition) is 2. The van der Waals surface area contributed by atoms with E-state index in [1.807, 2.05) is 13.8 Å². The molecule has 0 aliphatic heterocycles. The Morgan fingerprint density at radius 1 is 1.13 bits per heavy atom. The monoisotopic (exact) mass is 219 g/mol. The lowest BCUT2D eigenvalue weighted by atomic mass is 10.1. The minimum Gasteiger partial charge on any atom is -0.396 e. The van der Waals surface area contributed by atoms with Gasteiger partial charge >= 0.3 is 0 Å². The van der Waals surface area contributed by atoms with Crippen LogP contribution in [0, 0.1) is 5.92 Å². The normalized spacial score (nSPS) is 13.4. The molecular formula is C11H25NO3. The van der Waals surface area contributed by atoms with E-state index in [-0.39, 0.29) is 12.9 Å². The van der Waals surface area contributed by atoms with Crippen molar-refractivity contribution in [1.82, 2.24) is 5.32 Å². The fourth-order valence-electron chi connectivity index (χ4n) is 1.31. The molecule has 0 aliphatic rings. The van der Waals surface area contributed by atoms with Crippen LogP contribution in [0.5, 0.6) is 0 Å². The first-order valence-electron chi connectivity index (χ1n) is 5.79. The van der Waals surface area contributed by atoms with Gasteiger partial charge in [0.25, 0.3) is 0 Å². The molecule has 0 amide bonds. The SMILES string of the molecule is CCOC(CNCC(C)CCO)OCC. The molecule has 0 bridgehead atoms. The van der Waals surface area contributed by atoms with Crippen LogP contribution in [0.1, 0.15) is 27.2 Å². The highest BCUT2D eigenvalue weighted by Gasteiger charge is 2.08. The van der Waals surface area contributed by atoms with Crippen LogP contribution in [0.4, 0.5) is 0 Å². The van der Waals surface area contributed by atoms with Gasteiger partial charge in [-0.05, 0) is 32.7 Å². The molecule has 15 heavy (non-hydrogen) atoms. The van der Waals surface area contributed by atoms with Crippen molar-refractivity contribution < 1.29 is 14.6 Å². The summed E-state index contributed by atoms with van der Waals surface area (Å²) in [7, 11) is 0. The van der Waals surface area contributed by atoms with E-state index in [2.05, 4.69) is 12.2 Å². The van der Waals surface area contributed by atoms with E-state index in [1.165, 1.54) is 0 Å². The minimum atomic E-state index is -0.152. The zero-order valence-electron chi connectivity index (χ0n) is 10.2. The minimum absolute atomic E-state index is 0.152. The van der Waals surface area contributed by atoms with Gasteiger partial charge in [-0.15, -0.1) is 0 Å². The molecule has 0 saturated carbocycles. The summed E-state index contributed by atoms with van der Waals surface area (Å²) >= 11 is 0. The molecule has 0 aromatic heterocycles. The van der Waals surface area contributed by atoms with Crippen molar-refractivity contribution in [3.05, 3.63) is 0 Å². The third-order valence-corrected chi connectivity index (χ3v) is 2.13. The molecule has 2 N–H and O–H groups in total. The van der Waals surface area contributed by atoms with Crippen molar-refractivity contribution in [3.8, 4) is 0 Å². The number of rotatable bonds is 10. The zero-order chi connectivity index (χ0) is 11.5. The van der Waals surface area contributed by atoms with Crippen molar-refractivity contribution in [3.63, 3.8) is 0 Å². The zero-order valence-corrected chi connectivity index (χ0v) is 10.2. The topological polar surface area (TPSA) is 50.7 Å². The highest BCUT2D eigenvalue weighted by Crippen LogP contribution is 1.99. The lowest BCUT2D eigenvalue weighted by Crippen LogP contribution is -2.34. The third kappa shape index (κ3) is 8.81. The Kier molecular flexibility index (Phi) is 10.3. The van der Waals surface area contributed by atoms with Crippen molar-refractivity contribution in [2.24, 2.45) is 5.92 Å². The van der Waals surface area contributed by atoms with Crippen LogP contribution in [-0.2, 0) is 9.47 Å². The van der Waals surface area contributed by atoms with Gasteiger partial charge in [-0.2, -0.15) is 0 Å². The molecule has 92 valence electrons. The average molecular weight is 219 g/mol. The van der Waals surface area contributed by atoms with E-state index in [0.29, 0.717) is 25.7 Å². The van der Waals surface area contributed by atoms with E-state index in [4.69, 9.17) is 14.6 Å². The van der Waals surface area contributed by atoms with Gasteiger partial charge in [-0.1, -0.05) is 6.92 Å². The summed E-state index contributed by atoms with van der Waals surface area (Å²) in [6, 6.07) is 0. The average Bonchev–Trinajstić information content (AvgIpc) is 2.19. The van der Waals surface area contributed by atoms with Crippen LogP contribution < -0.4 is 5.32 Å². The molecule has 0 spiro atoms. The summed E-state index contributed by atoms with van der Waals surface area (Å²) < 4.78 is 10.8. The van der Waals surface area contributed by atoms with Gasteiger partial charge in [-0.3, -0.25) is 0 Å². The van der Waals surface area contributed by atoms with E-state index in [0.717, 1.165) is 13.0 Å². The highest BCUT2D eigenvalue weighted by molar-refractivity contribution is 4.58. The van der Waals surface area contributed by atoms with E-state index >= 15 is 0 Å². The molecule has 1 atom stereocenters. The Morgan fingerprint density at radius 3 is 2.20 bits per heavy atom. The highest BCUT2D eigenvalue weighted by atomic mass is 16.7. The number of aliphatic hydroxyl groups excluding tert-OH is 1. The van der Waals surface area contributed by atoms with Crippen LogP contribution >= 0.6 is 0 Å². The molecule has 0 rings (SSSR count). The lowest BCUT2D eigenvalue weighted by Gasteiger charge is -2.18. The quantitative estimate of drug-likeness (QED) is 0.538.